The van der Waals surface area contributed by atoms with Crippen LogP contribution >= 0.6 is 0 Å². The number of carbonyl (C=O) groups excluding carboxylic acids is 2. The van der Waals surface area contributed by atoms with Crippen molar-refractivity contribution in [1.29, 1.82) is 0 Å². The number of halogens is 3. The van der Waals surface area contributed by atoms with Crippen LogP contribution in [0.4, 0.5) is 18.9 Å². The first kappa shape index (κ1) is 24.7. The van der Waals surface area contributed by atoms with Gasteiger partial charge in [0.2, 0.25) is 11.8 Å². The number of nitrogens with zero attached hydrogens (tertiary/aromatic N) is 3. The molecule has 7 nitrogen and oxygen atoms in total. The van der Waals surface area contributed by atoms with E-state index in [1.54, 1.807) is 42.5 Å². The van der Waals surface area contributed by atoms with Gasteiger partial charge < -0.3 is 0 Å². The van der Waals surface area contributed by atoms with E-state index in [9.17, 15) is 27.6 Å². The van der Waals surface area contributed by atoms with Gasteiger partial charge in [-0.05, 0) is 42.3 Å². The summed E-state index contributed by atoms with van der Waals surface area (Å²) in [4.78, 5) is 47.9. The number of para-hydroxylation sites is 2. The lowest BCUT2D eigenvalue weighted by atomic mass is 9.75. The van der Waals surface area contributed by atoms with E-state index in [2.05, 4.69) is 5.32 Å². The Hall–Kier alpha value is -4.31. The molecule has 2 saturated heterocycles. The summed E-state index contributed by atoms with van der Waals surface area (Å²) in [5.41, 5.74) is -1.11. The van der Waals surface area contributed by atoms with Crippen molar-refractivity contribution in [1.82, 2.24) is 14.9 Å². The average Bonchev–Trinajstić information content (AvgIpc) is 3.52. The smallest absolute Gasteiger partial charge is 0.296 e. The number of hydrogen-bond donors (Lipinski definition) is 1. The van der Waals surface area contributed by atoms with Crippen LogP contribution in [0.3, 0.4) is 0 Å². The van der Waals surface area contributed by atoms with Crippen LogP contribution in [0.5, 0.6) is 0 Å². The highest BCUT2D eigenvalue weighted by molar-refractivity contribution is 6.23. The molecular weight excluding hydrogens is 521 g/mol. The van der Waals surface area contributed by atoms with Crippen LogP contribution in [0.2, 0.25) is 0 Å². The van der Waals surface area contributed by atoms with Crippen molar-refractivity contribution in [2.75, 3.05) is 4.90 Å². The summed E-state index contributed by atoms with van der Waals surface area (Å²) in [6.45, 7) is 3.83. The minimum atomic E-state index is -4.64. The van der Waals surface area contributed by atoms with E-state index in [1.807, 2.05) is 19.9 Å². The van der Waals surface area contributed by atoms with E-state index in [0.29, 0.717) is 28.0 Å². The molecule has 0 unspecified atom stereocenters. The summed E-state index contributed by atoms with van der Waals surface area (Å²) in [6, 6.07) is 17.8. The predicted molar refractivity (Wildman–Crippen MR) is 141 cm³/mol. The molecule has 4 aromatic rings. The molecular formula is C30H23F3N4O3. The van der Waals surface area contributed by atoms with Crippen molar-refractivity contribution < 1.29 is 22.8 Å². The van der Waals surface area contributed by atoms with Gasteiger partial charge in [-0.3, -0.25) is 24.3 Å². The zero-order valence-electron chi connectivity index (χ0n) is 21.4. The third-order valence-corrected chi connectivity index (χ3v) is 8.45. The van der Waals surface area contributed by atoms with Crippen molar-refractivity contribution in [2.45, 2.75) is 31.6 Å². The fraction of sp³-hybridized carbons (Fsp3) is 0.267. The average molecular weight is 545 g/mol. The topological polar surface area (TPSA) is 84.3 Å². The molecule has 0 radical (unpaired) electrons. The van der Waals surface area contributed by atoms with Crippen LogP contribution in [0, 0.1) is 17.8 Å². The molecule has 4 atom stereocenters. The maximum atomic E-state index is 14.3. The predicted octanol–water partition coefficient (Wildman–Crippen LogP) is 4.40. The third-order valence-electron chi connectivity index (χ3n) is 8.45. The van der Waals surface area contributed by atoms with Crippen LogP contribution < -0.4 is 15.8 Å². The van der Waals surface area contributed by atoms with Gasteiger partial charge >= 0.3 is 6.18 Å². The zero-order valence-corrected chi connectivity index (χ0v) is 21.4. The molecule has 202 valence electrons. The molecule has 40 heavy (non-hydrogen) atoms. The van der Waals surface area contributed by atoms with E-state index in [4.69, 9.17) is 4.98 Å². The van der Waals surface area contributed by atoms with Crippen LogP contribution in [0.15, 0.2) is 77.6 Å². The lowest BCUT2D eigenvalue weighted by molar-refractivity contribution is -0.137. The first-order valence-electron chi connectivity index (χ1n) is 13.0. The van der Waals surface area contributed by atoms with Crippen LogP contribution in [0.25, 0.3) is 16.6 Å². The van der Waals surface area contributed by atoms with Crippen molar-refractivity contribution in [3.05, 3.63) is 100 Å². The molecule has 3 aliphatic heterocycles. The second-order valence-electron chi connectivity index (χ2n) is 10.9. The Balaban J connectivity index is 1.50. The number of imide groups is 1. The largest absolute Gasteiger partial charge is 0.416 e. The molecule has 10 heteroatoms. The number of nitrogens with one attached hydrogen (secondary N) is 1. The molecule has 0 aliphatic carbocycles. The van der Waals surface area contributed by atoms with E-state index in [1.165, 1.54) is 16.7 Å². The lowest BCUT2D eigenvalue weighted by Gasteiger charge is -2.32. The molecule has 1 aromatic heterocycles. The van der Waals surface area contributed by atoms with Gasteiger partial charge in [-0.2, -0.15) is 13.2 Å². The molecule has 7 rings (SSSR count). The van der Waals surface area contributed by atoms with Crippen LogP contribution in [0.1, 0.15) is 30.8 Å². The molecule has 0 saturated carbocycles. The Morgan fingerprint density at radius 1 is 0.925 bits per heavy atom. The molecule has 3 aromatic carbocycles. The highest BCUT2D eigenvalue weighted by atomic mass is 19.4. The Morgan fingerprint density at radius 2 is 1.65 bits per heavy atom. The first-order chi connectivity index (χ1) is 19.1. The summed E-state index contributed by atoms with van der Waals surface area (Å²) in [6.07, 6.45) is -4.64. The highest BCUT2D eigenvalue weighted by Gasteiger charge is 2.70. The normalized spacial score (nSPS) is 25.2. The maximum absolute atomic E-state index is 14.3. The SMILES string of the molecule is CC(C)[C@H]1N[C@]2(c3ccccc3-n3c2nc2ccccc2c3=O)[C@H]2C(=O)N(c3cccc(C(F)(F)F)c3)C(=O)[C@@H]12. The number of rotatable bonds is 2. The molecule has 3 aliphatic rings. The Kier molecular flexibility index (Phi) is 5.01. The first-order valence-corrected chi connectivity index (χ1v) is 13.0. The number of carbonyl (C=O) groups is 2. The number of benzene rings is 3. The Morgan fingerprint density at radius 3 is 2.40 bits per heavy atom. The van der Waals surface area contributed by atoms with Gasteiger partial charge in [-0.25, -0.2) is 9.88 Å². The molecule has 0 bridgehead atoms. The molecule has 2 amide bonds. The quantitative estimate of drug-likeness (QED) is 0.379. The van der Waals surface area contributed by atoms with Gasteiger partial charge in [0.15, 0.2) is 0 Å². The summed E-state index contributed by atoms with van der Waals surface area (Å²) < 4.78 is 42.1. The van der Waals surface area contributed by atoms with E-state index >= 15 is 0 Å². The maximum Gasteiger partial charge on any atom is 0.416 e. The van der Waals surface area contributed by atoms with Crippen molar-refractivity contribution in [2.24, 2.45) is 17.8 Å². The van der Waals surface area contributed by atoms with Gasteiger partial charge in [0.1, 0.15) is 11.4 Å². The number of hydrogen-bond acceptors (Lipinski definition) is 5. The van der Waals surface area contributed by atoms with Crippen molar-refractivity contribution in [3.8, 4) is 5.69 Å². The number of amides is 2. The van der Waals surface area contributed by atoms with E-state index in [0.717, 1.165) is 17.0 Å². The highest BCUT2D eigenvalue weighted by Crippen LogP contribution is 2.56. The number of alkyl halides is 3. The molecule has 2 fully saturated rings. The van der Waals surface area contributed by atoms with Gasteiger partial charge in [0.25, 0.3) is 5.56 Å². The second kappa shape index (κ2) is 8.11. The number of anilines is 1. The number of fused-ring (bicyclic) bond motifs is 8. The van der Waals surface area contributed by atoms with Crippen LogP contribution in [-0.2, 0) is 21.3 Å². The molecule has 4 heterocycles. The molecule has 1 N–H and O–H groups in total. The van der Waals surface area contributed by atoms with Gasteiger partial charge in [0.05, 0.1) is 39.7 Å². The third kappa shape index (κ3) is 3.05. The number of aromatic nitrogens is 2. The summed E-state index contributed by atoms with van der Waals surface area (Å²) in [5, 5.41) is 3.98. The monoisotopic (exact) mass is 544 g/mol. The fourth-order valence-electron chi connectivity index (χ4n) is 6.80. The minimum absolute atomic E-state index is 0.126. The van der Waals surface area contributed by atoms with E-state index < -0.39 is 47.0 Å². The standard InChI is InChI=1S/C30H23F3N4O3/c1-15(2)24-22-23(27(40)36(26(22)39)17-9-7-8-16(14-17)30(31,32)33)29(35-24)19-11-4-6-13-21(19)37-25(38)18-10-3-5-12-20(18)34-28(29)37/h3-15,22-24,35H,1-2H3/t22-,23-,24-,29-/m1/s1. The second-order valence-corrected chi connectivity index (χ2v) is 10.9. The van der Waals surface area contributed by atoms with Crippen molar-refractivity contribution in [3.63, 3.8) is 0 Å². The minimum Gasteiger partial charge on any atom is -0.296 e. The Bertz CT molecular complexity index is 1810. The summed E-state index contributed by atoms with van der Waals surface area (Å²) >= 11 is 0. The van der Waals surface area contributed by atoms with Crippen LogP contribution in [-0.4, -0.2) is 27.4 Å². The fourth-order valence-corrected chi connectivity index (χ4v) is 6.80. The Labute approximate surface area is 226 Å². The van der Waals surface area contributed by atoms with Gasteiger partial charge in [-0.1, -0.05) is 50.2 Å². The van der Waals surface area contributed by atoms with E-state index in [-0.39, 0.29) is 17.2 Å². The van der Waals surface area contributed by atoms with Crippen molar-refractivity contribution >= 4 is 28.4 Å². The van der Waals surface area contributed by atoms with Gasteiger partial charge in [0, 0.05) is 11.6 Å². The van der Waals surface area contributed by atoms with Gasteiger partial charge in [-0.15, -0.1) is 0 Å². The lowest BCUT2D eigenvalue weighted by Crippen LogP contribution is -2.51. The summed E-state index contributed by atoms with van der Waals surface area (Å²) in [5.74, 6) is -2.96. The summed E-state index contributed by atoms with van der Waals surface area (Å²) in [7, 11) is 0. The zero-order chi connectivity index (χ0) is 28.1. The molecule has 1 spiro atoms.